The number of amides is 2. The summed E-state index contributed by atoms with van der Waals surface area (Å²) >= 11 is 0. The number of carboxylic acid groups (broad SMARTS) is 1. The first-order valence-corrected chi connectivity index (χ1v) is 6.80. The second kappa shape index (κ2) is 7.76. The summed E-state index contributed by atoms with van der Waals surface area (Å²) in [5.41, 5.74) is 0. The lowest BCUT2D eigenvalue weighted by atomic mass is 10.2. The number of nitrogens with one attached hydrogen (secondary N) is 1. The topological polar surface area (TPSA) is 86.7 Å². The van der Waals surface area contributed by atoms with Crippen molar-refractivity contribution in [2.45, 2.75) is 51.5 Å². The highest BCUT2D eigenvalue weighted by Crippen LogP contribution is 2.09. The molecule has 0 aromatic heterocycles. The summed E-state index contributed by atoms with van der Waals surface area (Å²) < 4.78 is 0. The third-order valence-corrected chi connectivity index (χ3v) is 3.21. The molecule has 1 saturated heterocycles. The quantitative estimate of drug-likeness (QED) is 0.669. The Morgan fingerprint density at radius 2 is 1.74 bits per heavy atom. The van der Waals surface area contributed by atoms with E-state index in [-0.39, 0.29) is 24.7 Å². The Labute approximate surface area is 113 Å². The number of likely N-dealkylation sites (tertiary alicyclic amines) is 1. The first kappa shape index (κ1) is 15.5. The number of carbonyl (C=O) groups excluding carboxylic acids is 2. The van der Waals surface area contributed by atoms with E-state index in [9.17, 15) is 14.4 Å². The molecule has 0 aromatic rings. The number of carboxylic acids is 1. The summed E-state index contributed by atoms with van der Waals surface area (Å²) in [6.07, 6.45) is 3.42. The smallest absolute Gasteiger partial charge is 0.303 e. The van der Waals surface area contributed by atoms with E-state index in [2.05, 4.69) is 5.32 Å². The van der Waals surface area contributed by atoms with Gasteiger partial charge in [0.15, 0.2) is 0 Å². The zero-order valence-corrected chi connectivity index (χ0v) is 11.4. The van der Waals surface area contributed by atoms with Crippen LogP contribution >= 0.6 is 0 Å². The lowest BCUT2D eigenvalue weighted by Crippen LogP contribution is -2.45. The monoisotopic (exact) mass is 270 g/mol. The van der Waals surface area contributed by atoms with Gasteiger partial charge < -0.3 is 15.3 Å². The van der Waals surface area contributed by atoms with Gasteiger partial charge in [-0.1, -0.05) is 0 Å². The van der Waals surface area contributed by atoms with Crippen LogP contribution in [0.5, 0.6) is 0 Å². The van der Waals surface area contributed by atoms with E-state index in [1.807, 2.05) is 0 Å². The highest BCUT2D eigenvalue weighted by molar-refractivity contribution is 5.87. The van der Waals surface area contributed by atoms with Gasteiger partial charge in [-0.15, -0.1) is 0 Å². The fourth-order valence-corrected chi connectivity index (χ4v) is 2.15. The zero-order valence-electron chi connectivity index (χ0n) is 11.4. The molecule has 0 saturated carbocycles. The second-order valence-corrected chi connectivity index (χ2v) is 4.92. The van der Waals surface area contributed by atoms with Gasteiger partial charge in [0, 0.05) is 25.9 Å². The first-order chi connectivity index (χ1) is 9.00. The Bertz CT molecular complexity index is 338. The lowest BCUT2D eigenvalue weighted by molar-refractivity contribution is -0.137. The third kappa shape index (κ3) is 5.72. The van der Waals surface area contributed by atoms with Crippen LogP contribution in [0, 0.1) is 0 Å². The normalized spacial score (nSPS) is 16.2. The van der Waals surface area contributed by atoms with Gasteiger partial charge in [0.05, 0.1) is 0 Å². The number of rotatable bonds is 7. The molecule has 2 amide bonds. The van der Waals surface area contributed by atoms with Gasteiger partial charge in [-0.25, -0.2) is 0 Å². The SMILES string of the molecule is CC(NC(=O)CCCCC(=O)O)C(=O)N1CCCC1. The average molecular weight is 270 g/mol. The van der Waals surface area contributed by atoms with Crippen molar-refractivity contribution in [3.8, 4) is 0 Å². The first-order valence-electron chi connectivity index (χ1n) is 6.80. The van der Waals surface area contributed by atoms with Crippen molar-refractivity contribution in [3.05, 3.63) is 0 Å². The molecule has 1 atom stereocenters. The number of hydrogen-bond acceptors (Lipinski definition) is 3. The Morgan fingerprint density at radius 1 is 1.16 bits per heavy atom. The van der Waals surface area contributed by atoms with E-state index in [0.29, 0.717) is 12.8 Å². The fourth-order valence-electron chi connectivity index (χ4n) is 2.15. The van der Waals surface area contributed by atoms with Gasteiger partial charge in [-0.05, 0) is 32.6 Å². The molecule has 1 aliphatic heterocycles. The summed E-state index contributed by atoms with van der Waals surface area (Å²) in [5, 5.41) is 11.1. The molecule has 2 N–H and O–H groups in total. The Balaban J connectivity index is 2.19. The van der Waals surface area contributed by atoms with Crippen LogP contribution in [0.4, 0.5) is 0 Å². The minimum absolute atomic E-state index is 0.0311. The standard InChI is InChI=1S/C13H22N2O4/c1-10(13(19)15-8-4-5-9-15)14-11(16)6-2-3-7-12(17)18/h10H,2-9H2,1H3,(H,14,16)(H,17,18). The van der Waals surface area contributed by atoms with Crippen molar-refractivity contribution in [2.75, 3.05) is 13.1 Å². The number of carbonyl (C=O) groups is 3. The van der Waals surface area contributed by atoms with Crippen LogP contribution in [0.25, 0.3) is 0 Å². The number of nitrogens with zero attached hydrogens (tertiary/aromatic N) is 1. The number of aliphatic carboxylic acids is 1. The molecule has 1 fully saturated rings. The van der Waals surface area contributed by atoms with Gasteiger partial charge in [-0.2, -0.15) is 0 Å². The van der Waals surface area contributed by atoms with Gasteiger partial charge in [-0.3, -0.25) is 14.4 Å². The lowest BCUT2D eigenvalue weighted by Gasteiger charge is -2.21. The van der Waals surface area contributed by atoms with E-state index in [1.165, 1.54) is 0 Å². The largest absolute Gasteiger partial charge is 0.481 e. The molecule has 108 valence electrons. The summed E-state index contributed by atoms with van der Waals surface area (Å²) in [6, 6.07) is -0.495. The predicted molar refractivity (Wildman–Crippen MR) is 69.5 cm³/mol. The molecular weight excluding hydrogens is 248 g/mol. The van der Waals surface area contributed by atoms with Crippen molar-refractivity contribution in [2.24, 2.45) is 0 Å². The van der Waals surface area contributed by atoms with Crippen LogP contribution in [-0.2, 0) is 14.4 Å². The summed E-state index contributed by atoms with van der Waals surface area (Å²) in [6.45, 7) is 3.24. The zero-order chi connectivity index (χ0) is 14.3. The number of unbranched alkanes of at least 4 members (excludes halogenated alkanes) is 1. The van der Waals surface area contributed by atoms with Gasteiger partial charge in [0.25, 0.3) is 0 Å². The van der Waals surface area contributed by atoms with E-state index in [4.69, 9.17) is 5.11 Å². The molecule has 19 heavy (non-hydrogen) atoms. The van der Waals surface area contributed by atoms with Gasteiger partial charge >= 0.3 is 5.97 Å². The maximum absolute atomic E-state index is 11.9. The van der Waals surface area contributed by atoms with Crippen molar-refractivity contribution in [1.82, 2.24) is 10.2 Å². The fraction of sp³-hybridized carbons (Fsp3) is 0.769. The van der Waals surface area contributed by atoms with Crippen LogP contribution < -0.4 is 5.32 Å². The van der Waals surface area contributed by atoms with E-state index in [0.717, 1.165) is 25.9 Å². The summed E-state index contributed by atoms with van der Waals surface area (Å²) in [7, 11) is 0. The summed E-state index contributed by atoms with van der Waals surface area (Å²) in [5.74, 6) is -1.07. The van der Waals surface area contributed by atoms with Gasteiger partial charge in [0.2, 0.25) is 11.8 Å². The average Bonchev–Trinajstić information content (AvgIpc) is 2.87. The van der Waals surface area contributed by atoms with Crippen molar-refractivity contribution < 1.29 is 19.5 Å². The third-order valence-electron chi connectivity index (χ3n) is 3.21. The Kier molecular flexibility index (Phi) is 6.32. The minimum Gasteiger partial charge on any atom is -0.481 e. The molecule has 0 bridgehead atoms. The van der Waals surface area contributed by atoms with Crippen LogP contribution in [0.3, 0.4) is 0 Å². The summed E-state index contributed by atoms with van der Waals surface area (Å²) in [4.78, 5) is 35.6. The minimum atomic E-state index is -0.849. The molecule has 0 aromatic carbocycles. The Morgan fingerprint density at radius 3 is 2.32 bits per heavy atom. The molecule has 1 aliphatic rings. The maximum Gasteiger partial charge on any atom is 0.303 e. The molecule has 6 nitrogen and oxygen atoms in total. The maximum atomic E-state index is 11.9. The van der Waals surface area contributed by atoms with Crippen molar-refractivity contribution in [3.63, 3.8) is 0 Å². The number of hydrogen-bond donors (Lipinski definition) is 2. The van der Waals surface area contributed by atoms with Crippen LogP contribution in [0.15, 0.2) is 0 Å². The molecule has 0 aliphatic carbocycles. The van der Waals surface area contributed by atoms with Crippen LogP contribution in [-0.4, -0.2) is 46.9 Å². The van der Waals surface area contributed by atoms with E-state index < -0.39 is 12.0 Å². The Hall–Kier alpha value is -1.59. The van der Waals surface area contributed by atoms with Crippen molar-refractivity contribution in [1.29, 1.82) is 0 Å². The molecule has 1 rings (SSSR count). The second-order valence-electron chi connectivity index (χ2n) is 4.92. The van der Waals surface area contributed by atoms with Crippen LogP contribution in [0.2, 0.25) is 0 Å². The van der Waals surface area contributed by atoms with E-state index >= 15 is 0 Å². The molecule has 0 spiro atoms. The van der Waals surface area contributed by atoms with Crippen LogP contribution in [0.1, 0.15) is 45.4 Å². The van der Waals surface area contributed by atoms with E-state index in [1.54, 1.807) is 11.8 Å². The highest BCUT2D eigenvalue weighted by Gasteiger charge is 2.23. The van der Waals surface area contributed by atoms with Crippen molar-refractivity contribution >= 4 is 17.8 Å². The molecule has 6 heteroatoms. The molecule has 0 radical (unpaired) electrons. The van der Waals surface area contributed by atoms with Gasteiger partial charge in [0.1, 0.15) is 6.04 Å². The predicted octanol–water partition coefficient (Wildman–Crippen LogP) is 0.758. The molecule has 1 heterocycles. The highest BCUT2D eigenvalue weighted by atomic mass is 16.4. The molecular formula is C13H22N2O4. The molecule has 1 unspecified atom stereocenters.